The van der Waals surface area contributed by atoms with Gasteiger partial charge in [-0.1, -0.05) is 6.92 Å². The lowest BCUT2D eigenvalue weighted by Gasteiger charge is -2.07. The van der Waals surface area contributed by atoms with Gasteiger partial charge in [0.25, 0.3) is 0 Å². The fraction of sp³-hybridized carbons (Fsp3) is 0.188. The highest BCUT2D eigenvalue weighted by atomic mass is 32.1. The first-order valence-corrected chi connectivity index (χ1v) is 7.42. The maximum atomic E-state index is 5.78. The van der Waals surface area contributed by atoms with Crippen LogP contribution in [0.2, 0.25) is 0 Å². The summed E-state index contributed by atoms with van der Waals surface area (Å²) in [5.41, 5.74) is 9.21. The first-order valence-electron chi connectivity index (χ1n) is 6.54. The van der Waals surface area contributed by atoms with Crippen LogP contribution >= 0.6 is 11.3 Å². The molecule has 0 aliphatic rings. The van der Waals surface area contributed by atoms with E-state index in [2.05, 4.69) is 35.5 Å². The molecule has 0 bridgehead atoms. The molecule has 3 nitrogen and oxygen atoms in total. The topological polar surface area (TPSA) is 48.1 Å². The summed E-state index contributed by atoms with van der Waals surface area (Å²) in [4.78, 5) is 4.45. The van der Waals surface area contributed by atoms with Crippen LogP contribution in [0.3, 0.4) is 0 Å². The van der Waals surface area contributed by atoms with Crippen LogP contribution < -0.4 is 10.5 Å². The molecule has 0 saturated heterocycles. The molecule has 2 N–H and O–H groups in total. The molecule has 4 heteroatoms. The predicted molar refractivity (Wildman–Crippen MR) is 85.4 cm³/mol. The molecule has 20 heavy (non-hydrogen) atoms. The van der Waals surface area contributed by atoms with Crippen LogP contribution in [0.4, 0.5) is 5.82 Å². The number of aromatic nitrogens is 1. The number of aryl methyl sites for hydroxylation is 1. The van der Waals surface area contributed by atoms with E-state index < -0.39 is 0 Å². The van der Waals surface area contributed by atoms with Crippen molar-refractivity contribution in [3.8, 4) is 16.9 Å². The highest BCUT2D eigenvalue weighted by Crippen LogP contribution is 2.37. The molecule has 0 aliphatic heterocycles. The Morgan fingerprint density at radius 3 is 2.80 bits per heavy atom. The SMILES string of the molecule is CCc1nc(N)ccc1-c1csc2cc(OC)ccc12. The van der Waals surface area contributed by atoms with Gasteiger partial charge in [-0.05, 0) is 42.1 Å². The van der Waals surface area contributed by atoms with E-state index in [-0.39, 0.29) is 0 Å². The number of fused-ring (bicyclic) bond motifs is 1. The molecule has 0 amide bonds. The molecule has 0 unspecified atom stereocenters. The molecular weight excluding hydrogens is 268 g/mol. The van der Waals surface area contributed by atoms with E-state index in [1.165, 1.54) is 15.6 Å². The van der Waals surface area contributed by atoms with Gasteiger partial charge < -0.3 is 10.5 Å². The van der Waals surface area contributed by atoms with Crippen LogP contribution in [0, 0.1) is 0 Å². The van der Waals surface area contributed by atoms with Crippen molar-refractivity contribution < 1.29 is 4.74 Å². The average Bonchev–Trinajstić information content (AvgIpc) is 2.89. The highest BCUT2D eigenvalue weighted by molar-refractivity contribution is 7.17. The Hall–Kier alpha value is -2.07. The summed E-state index contributed by atoms with van der Waals surface area (Å²) in [5, 5.41) is 3.41. The summed E-state index contributed by atoms with van der Waals surface area (Å²) in [6.07, 6.45) is 0.869. The van der Waals surface area contributed by atoms with Gasteiger partial charge in [-0.15, -0.1) is 11.3 Å². The maximum Gasteiger partial charge on any atom is 0.123 e. The zero-order chi connectivity index (χ0) is 14.1. The molecule has 0 atom stereocenters. The summed E-state index contributed by atoms with van der Waals surface area (Å²) in [6, 6.07) is 10.1. The van der Waals surface area contributed by atoms with Crippen molar-refractivity contribution in [1.29, 1.82) is 0 Å². The molecule has 0 spiro atoms. The van der Waals surface area contributed by atoms with E-state index in [0.717, 1.165) is 23.4 Å². The van der Waals surface area contributed by atoms with Crippen LogP contribution in [0.25, 0.3) is 21.2 Å². The quantitative estimate of drug-likeness (QED) is 0.787. The van der Waals surface area contributed by atoms with Gasteiger partial charge in [0, 0.05) is 21.2 Å². The van der Waals surface area contributed by atoms with Crippen LogP contribution in [-0.2, 0) is 6.42 Å². The second-order valence-corrected chi connectivity index (χ2v) is 5.51. The molecule has 0 aliphatic carbocycles. The third-order valence-corrected chi connectivity index (χ3v) is 4.35. The third kappa shape index (κ3) is 2.12. The van der Waals surface area contributed by atoms with Crippen LogP contribution in [0.15, 0.2) is 35.7 Å². The predicted octanol–water partition coefficient (Wildman–Crippen LogP) is 4.12. The minimum Gasteiger partial charge on any atom is -0.497 e. The summed E-state index contributed by atoms with van der Waals surface area (Å²) < 4.78 is 6.50. The van der Waals surface area contributed by atoms with E-state index >= 15 is 0 Å². The van der Waals surface area contributed by atoms with Crippen LogP contribution in [-0.4, -0.2) is 12.1 Å². The Balaban J connectivity index is 2.20. The van der Waals surface area contributed by atoms with Crippen LogP contribution in [0.5, 0.6) is 5.75 Å². The van der Waals surface area contributed by atoms with Gasteiger partial charge >= 0.3 is 0 Å². The summed E-state index contributed by atoms with van der Waals surface area (Å²) in [6.45, 7) is 2.10. The lowest BCUT2D eigenvalue weighted by molar-refractivity contribution is 0.415. The Bertz CT molecular complexity index is 764. The first-order chi connectivity index (χ1) is 9.72. The van der Waals surface area contributed by atoms with Crippen molar-refractivity contribution in [3.05, 3.63) is 41.4 Å². The monoisotopic (exact) mass is 284 g/mol. The summed E-state index contributed by atoms with van der Waals surface area (Å²) >= 11 is 1.72. The minimum atomic E-state index is 0.576. The Labute approximate surface area is 122 Å². The lowest BCUT2D eigenvalue weighted by Crippen LogP contribution is -1.97. The normalized spacial score (nSPS) is 10.9. The average molecular weight is 284 g/mol. The Morgan fingerprint density at radius 2 is 2.05 bits per heavy atom. The molecule has 0 fully saturated rings. The van der Waals surface area contributed by atoms with Gasteiger partial charge in [-0.3, -0.25) is 0 Å². The maximum absolute atomic E-state index is 5.78. The molecule has 3 aromatic rings. The van der Waals surface area contributed by atoms with Gasteiger partial charge in [0.2, 0.25) is 0 Å². The second kappa shape index (κ2) is 5.13. The standard InChI is InChI=1S/C16H16N2OS/c1-3-14-11(6-7-16(17)18-14)13-9-20-15-8-10(19-2)4-5-12(13)15/h4-9H,3H2,1-2H3,(H2,17,18). The number of hydrogen-bond donors (Lipinski definition) is 1. The minimum absolute atomic E-state index is 0.576. The van der Waals surface area contributed by atoms with Crippen molar-refractivity contribution >= 4 is 27.2 Å². The van der Waals surface area contributed by atoms with Crippen molar-refractivity contribution in [2.45, 2.75) is 13.3 Å². The summed E-state index contributed by atoms with van der Waals surface area (Å²) in [5.74, 6) is 1.46. The number of rotatable bonds is 3. The number of methoxy groups -OCH3 is 1. The van der Waals surface area contributed by atoms with E-state index in [1.807, 2.05) is 12.1 Å². The number of ether oxygens (including phenoxy) is 1. The van der Waals surface area contributed by atoms with E-state index in [1.54, 1.807) is 18.4 Å². The van der Waals surface area contributed by atoms with E-state index in [4.69, 9.17) is 10.5 Å². The number of nitrogens with two attached hydrogens (primary N) is 1. The fourth-order valence-electron chi connectivity index (χ4n) is 2.38. The first kappa shape index (κ1) is 12.9. The largest absolute Gasteiger partial charge is 0.497 e. The van der Waals surface area contributed by atoms with Gasteiger partial charge in [-0.25, -0.2) is 4.98 Å². The number of thiophene rings is 1. The molecular formula is C16H16N2OS. The van der Waals surface area contributed by atoms with Crippen LogP contribution in [0.1, 0.15) is 12.6 Å². The van der Waals surface area contributed by atoms with Gasteiger partial charge in [0.1, 0.15) is 11.6 Å². The number of anilines is 1. The van der Waals surface area contributed by atoms with E-state index in [0.29, 0.717) is 5.82 Å². The van der Waals surface area contributed by atoms with Gasteiger partial charge in [0.05, 0.1) is 12.8 Å². The molecule has 2 aromatic heterocycles. The Kier molecular flexibility index (Phi) is 3.32. The lowest BCUT2D eigenvalue weighted by atomic mass is 10.0. The number of pyridine rings is 1. The second-order valence-electron chi connectivity index (χ2n) is 4.60. The molecule has 0 saturated carbocycles. The highest BCUT2D eigenvalue weighted by Gasteiger charge is 2.11. The molecule has 2 heterocycles. The van der Waals surface area contributed by atoms with Gasteiger partial charge in [-0.2, -0.15) is 0 Å². The molecule has 3 rings (SSSR count). The number of hydrogen-bond acceptors (Lipinski definition) is 4. The molecule has 0 radical (unpaired) electrons. The Morgan fingerprint density at radius 1 is 1.20 bits per heavy atom. The molecule has 1 aromatic carbocycles. The third-order valence-electron chi connectivity index (χ3n) is 3.40. The van der Waals surface area contributed by atoms with Gasteiger partial charge in [0.15, 0.2) is 0 Å². The number of nitrogen functional groups attached to an aromatic ring is 1. The zero-order valence-corrected chi connectivity index (χ0v) is 12.3. The summed E-state index contributed by atoms with van der Waals surface area (Å²) in [7, 11) is 1.69. The van der Waals surface area contributed by atoms with E-state index in [9.17, 15) is 0 Å². The number of benzene rings is 1. The number of nitrogens with zero attached hydrogens (tertiary/aromatic N) is 1. The van der Waals surface area contributed by atoms with Crippen molar-refractivity contribution in [2.24, 2.45) is 0 Å². The van der Waals surface area contributed by atoms with Crippen molar-refractivity contribution in [3.63, 3.8) is 0 Å². The van der Waals surface area contributed by atoms with Crippen molar-refractivity contribution in [1.82, 2.24) is 4.98 Å². The van der Waals surface area contributed by atoms with Crippen molar-refractivity contribution in [2.75, 3.05) is 12.8 Å². The fourth-order valence-corrected chi connectivity index (χ4v) is 3.36. The zero-order valence-electron chi connectivity index (χ0n) is 11.5. The smallest absolute Gasteiger partial charge is 0.123 e. The molecule has 102 valence electrons.